The number of amides is 1. The number of carbonyl (C=O) groups is 1. The van der Waals surface area contributed by atoms with Gasteiger partial charge in [0.15, 0.2) is 0 Å². The van der Waals surface area contributed by atoms with Crippen LogP contribution in [0.4, 0.5) is 5.69 Å². The molecule has 0 aliphatic rings. The number of nitrogens with one attached hydrogen (secondary N) is 1. The molecular formula is C22H15N7O. The van der Waals surface area contributed by atoms with E-state index < -0.39 is 0 Å². The lowest BCUT2D eigenvalue weighted by atomic mass is 10.2. The summed E-state index contributed by atoms with van der Waals surface area (Å²) >= 11 is 0. The molecule has 0 aliphatic heterocycles. The van der Waals surface area contributed by atoms with Gasteiger partial charge in [-0.3, -0.25) is 9.48 Å². The number of hydrogen-bond acceptors (Lipinski definition) is 5. The van der Waals surface area contributed by atoms with E-state index in [0.717, 1.165) is 11.1 Å². The quantitative estimate of drug-likeness (QED) is 0.426. The van der Waals surface area contributed by atoms with E-state index in [1.165, 1.54) is 12.3 Å². The van der Waals surface area contributed by atoms with Crippen LogP contribution in [0.2, 0.25) is 0 Å². The van der Waals surface area contributed by atoms with Crippen LogP contribution < -0.4 is 5.32 Å². The summed E-state index contributed by atoms with van der Waals surface area (Å²) in [6, 6.07) is 9.20. The number of nitriles is 1. The van der Waals surface area contributed by atoms with Crippen LogP contribution in [-0.2, 0) is 11.8 Å². The third-order valence-electron chi connectivity index (χ3n) is 4.28. The minimum absolute atomic E-state index is 0.280. The van der Waals surface area contributed by atoms with Gasteiger partial charge in [0.05, 0.1) is 24.3 Å². The fourth-order valence-electron chi connectivity index (χ4n) is 2.84. The maximum atomic E-state index is 11.4. The Bertz CT molecular complexity index is 1380. The zero-order valence-electron chi connectivity index (χ0n) is 16.0. The monoisotopic (exact) mass is 393 g/mol. The number of aromatic nitrogens is 5. The Balaban J connectivity index is 1.75. The standard InChI is InChI=1S/C22H15N7O/c1-3-21(30)26-18-7-4-15(5-8-18)6-9-19-22-16(10-23)11-25-29(22)14-20(27-19)17-12-24-28(2)13-17/h3-5,7-8,11-14H,1H2,2H3,(H,26,30). The summed E-state index contributed by atoms with van der Waals surface area (Å²) in [7, 11) is 1.82. The van der Waals surface area contributed by atoms with Crippen molar-refractivity contribution < 1.29 is 4.79 Å². The number of aryl methyl sites for hydroxylation is 1. The number of nitrogens with zero attached hydrogens (tertiary/aromatic N) is 6. The van der Waals surface area contributed by atoms with Crippen molar-refractivity contribution in [2.24, 2.45) is 7.05 Å². The second-order valence-corrected chi connectivity index (χ2v) is 6.36. The van der Waals surface area contributed by atoms with E-state index in [9.17, 15) is 10.1 Å². The Morgan fingerprint density at radius 3 is 2.63 bits per heavy atom. The van der Waals surface area contributed by atoms with Gasteiger partial charge in [0.2, 0.25) is 5.91 Å². The summed E-state index contributed by atoms with van der Waals surface area (Å²) < 4.78 is 3.29. The van der Waals surface area contributed by atoms with Crippen LogP contribution in [-0.4, -0.2) is 30.3 Å². The zero-order chi connectivity index (χ0) is 21.1. The van der Waals surface area contributed by atoms with Gasteiger partial charge in [-0.1, -0.05) is 12.5 Å². The molecule has 1 amide bonds. The average molecular weight is 393 g/mol. The average Bonchev–Trinajstić information content (AvgIpc) is 3.38. The lowest BCUT2D eigenvalue weighted by Crippen LogP contribution is -2.06. The molecule has 3 heterocycles. The lowest BCUT2D eigenvalue weighted by molar-refractivity contribution is -0.111. The van der Waals surface area contributed by atoms with Crippen molar-refractivity contribution >= 4 is 17.1 Å². The molecule has 0 saturated carbocycles. The number of hydrogen-bond donors (Lipinski definition) is 1. The highest BCUT2D eigenvalue weighted by molar-refractivity contribution is 5.98. The molecule has 0 atom stereocenters. The highest BCUT2D eigenvalue weighted by Gasteiger charge is 2.13. The van der Waals surface area contributed by atoms with E-state index in [4.69, 9.17) is 0 Å². The molecule has 0 radical (unpaired) electrons. The van der Waals surface area contributed by atoms with Crippen molar-refractivity contribution in [2.75, 3.05) is 5.32 Å². The molecule has 8 nitrogen and oxygen atoms in total. The maximum absolute atomic E-state index is 11.4. The zero-order valence-corrected chi connectivity index (χ0v) is 16.0. The summed E-state index contributed by atoms with van der Waals surface area (Å²) in [5, 5.41) is 20.5. The van der Waals surface area contributed by atoms with Crippen LogP contribution in [0.5, 0.6) is 0 Å². The van der Waals surface area contributed by atoms with E-state index in [1.807, 2.05) is 13.2 Å². The van der Waals surface area contributed by atoms with Crippen LogP contribution in [0.15, 0.2) is 61.7 Å². The molecule has 0 bridgehead atoms. The van der Waals surface area contributed by atoms with Crippen molar-refractivity contribution in [3.63, 3.8) is 0 Å². The SMILES string of the molecule is C=CC(=O)Nc1ccc(C#Cc2nc(-c3cnn(C)c3)cn3ncc(C#N)c23)cc1. The van der Waals surface area contributed by atoms with Crippen molar-refractivity contribution in [3.05, 3.63) is 78.5 Å². The molecule has 4 rings (SSSR count). The Morgan fingerprint density at radius 2 is 1.97 bits per heavy atom. The van der Waals surface area contributed by atoms with Gasteiger partial charge in [-0.05, 0) is 36.3 Å². The Hall–Kier alpha value is -4.69. The van der Waals surface area contributed by atoms with Crippen LogP contribution in [0.1, 0.15) is 16.8 Å². The lowest BCUT2D eigenvalue weighted by Gasteiger charge is -2.03. The summed E-state index contributed by atoms with van der Waals surface area (Å²) in [6.07, 6.45) is 7.99. The first-order valence-corrected chi connectivity index (χ1v) is 8.90. The van der Waals surface area contributed by atoms with E-state index in [1.54, 1.807) is 45.9 Å². The Morgan fingerprint density at radius 1 is 1.17 bits per heavy atom. The van der Waals surface area contributed by atoms with Gasteiger partial charge in [0.25, 0.3) is 0 Å². The first kappa shape index (κ1) is 18.7. The van der Waals surface area contributed by atoms with Gasteiger partial charge in [0.1, 0.15) is 22.8 Å². The second kappa shape index (κ2) is 7.74. The third-order valence-corrected chi connectivity index (χ3v) is 4.28. The Labute approximate surface area is 172 Å². The number of rotatable bonds is 3. The molecule has 3 aromatic heterocycles. The van der Waals surface area contributed by atoms with E-state index >= 15 is 0 Å². The minimum atomic E-state index is -0.280. The third kappa shape index (κ3) is 3.66. The molecule has 0 saturated heterocycles. The molecule has 1 aromatic carbocycles. The highest BCUT2D eigenvalue weighted by Crippen LogP contribution is 2.21. The number of carbonyl (C=O) groups excluding carboxylic acids is 1. The molecule has 30 heavy (non-hydrogen) atoms. The van der Waals surface area contributed by atoms with Crippen molar-refractivity contribution in [3.8, 4) is 29.2 Å². The Kier molecular flexibility index (Phi) is 4.82. The molecule has 144 valence electrons. The highest BCUT2D eigenvalue weighted by atomic mass is 16.1. The van der Waals surface area contributed by atoms with Gasteiger partial charge < -0.3 is 5.32 Å². The van der Waals surface area contributed by atoms with Crippen LogP contribution in [0.25, 0.3) is 16.8 Å². The normalized spacial score (nSPS) is 10.1. The number of benzene rings is 1. The minimum Gasteiger partial charge on any atom is -0.323 e. The van der Waals surface area contributed by atoms with Crippen LogP contribution >= 0.6 is 0 Å². The topological polar surface area (TPSA) is 101 Å². The predicted molar refractivity (Wildman–Crippen MR) is 111 cm³/mol. The molecule has 8 heteroatoms. The fourth-order valence-corrected chi connectivity index (χ4v) is 2.84. The maximum Gasteiger partial charge on any atom is 0.247 e. The fraction of sp³-hybridized carbons (Fsp3) is 0.0455. The van der Waals surface area contributed by atoms with Gasteiger partial charge in [0, 0.05) is 30.1 Å². The number of anilines is 1. The summed E-state index contributed by atoms with van der Waals surface area (Å²) in [5.41, 5.74) is 4.23. The number of fused-ring (bicyclic) bond motifs is 1. The predicted octanol–water partition coefficient (Wildman–Crippen LogP) is 2.53. The van der Waals surface area contributed by atoms with Crippen molar-refractivity contribution in [1.82, 2.24) is 24.4 Å². The van der Waals surface area contributed by atoms with E-state index in [-0.39, 0.29) is 5.91 Å². The van der Waals surface area contributed by atoms with Gasteiger partial charge in [-0.15, -0.1) is 0 Å². The summed E-state index contributed by atoms with van der Waals surface area (Å²) in [6.45, 7) is 3.43. The van der Waals surface area contributed by atoms with E-state index in [0.29, 0.717) is 28.2 Å². The van der Waals surface area contributed by atoms with Crippen LogP contribution in [0.3, 0.4) is 0 Å². The molecule has 0 spiro atoms. The van der Waals surface area contributed by atoms with Gasteiger partial charge >= 0.3 is 0 Å². The smallest absolute Gasteiger partial charge is 0.247 e. The van der Waals surface area contributed by atoms with Crippen molar-refractivity contribution in [2.45, 2.75) is 0 Å². The molecule has 0 fully saturated rings. The van der Waals surface area contributed by atoms with Crippen LogP contribution in [0, 0.1) is 23.2 Å². The molecule has 1 N–H and O–H groups in total. The van der Waals surface area contributed by atoms with Crippen molar-refractivity contribution in [1.29, 1.82) is 5.26 Å². The second-order valence-electron chi connectivity index (χ2n) is 6.36. The van der Waals surface area contributed by atoms with Gasteiger partial charge in [-0.25, -0.2) is 9.50 Å². The first-order chi connectivity index (χ1) is 14.6. The van der Waals surface area contributed by atoms with E-state index in [2.05, 4.69) is 45.0 Å². The largest absolute Gasteiger partial charge is 0.323 e. The summed E-state index contributed by atoms with van der Waals surface area (Å²) in [4.78, 5) is 16.0. The molecule has 0 aliphatic carbocycles. The molecular weight excluding hydrogens is 378 g/mol. The molecule has 0 unspecified atom stereocenters. The molecule has 4 aromatic rings. The summed E-state index contributed by atoms with van der Waals surface area (Å²) in [5.74, 6) is 5.83. The first-order valence-electron chi connectivity index (χ1n) is 8.90. The van der Waals surface area contributed by atoms with Gasteiger partial charge in [-0.2, -0.15) is 15.5 Å².